The second-order valence-electron chi connectivity index (χ2n) is 4.97. The zero-order valence-corrected chi connectivity index (χ0v) is 13.4. The first kappa shape index (κ1) is 16.6. The number of amides is 1. The topological polar surface area (TPSA) is 72.4 Å². The normalized spacial score (nSPS) is 11.1. The van der Waals surface area contributed by atoms with Gasteiger partial charge in [-0.3, -0.25) is 4.79 Å². The van der Waals surface area contributed by atoms with E-state index >= 15 is 0 Å². The Kier molecular flexibility index (Phi) is 5.03. The minimum Gasteiger partial charge on any atom is -0.334 e. The molecule has 0 saturated carbocycles. The second-order valence-corrected chi connectivity index (χ2v) is 4.97. The van der Waals surface area contributed by atoms with Gasteiger partial charge in [-0.05, 0) is 23.6 Å². The molecule has 3 rings (SSSR count). The van der Waals surface area contributed by atoms with Crippen molar-refractivity contribution in [3.8, 4) is 0 Å². The van der Waals surface area contributed by atoms with Crippen LogP contribution in [-0.4, -0.2) is 10.5 Å². The maximum Gasteiger partial charge on any atom is 0.259 e. The predicted molar refractivity (Wildman–Crippen MR) is 94.3 cm³/mol. The Morgan fingerprint density at radius 3 is 2.61 bits per heavy atom. The molecule has 0 spiro atoms. The molecule has 1 aromatic heterocycles. The van der Waals surface area contributed by atoms with Crippen LogP contribution in [0.3, 0.4) is 0 Å². The lowest BCUT2D eigenvalue weighted by Gasteiger charge is -2.10. The smallest absolute Gasteiger partial charge is 0.259 e. The number of halogens is 1. The van der Waals surface area contributed by atoms with Crippen molar-refractivity contribution in [2.24, 2.45) is 18.0 Å². The van der Waals surface area contributed by atoms with Gasteiger partial charge in [-0.25, -0.2) is 0 Å². The minimum absolute atomic E-state index is 0. The molecule has 0 aliphatic rings. The molecule has 5 nitrogen and oxygen atoms in total. The number of nitrogens with two attached hydrogens (primary N) is 1. The van der Waals surface area contributed by atoms with E-state index in [0.29, 0.717) is 11.1 Å². The van der Waals surface area contributed by atoms with Crippen LogP contribution >= 0.6 is 12.4 Å². The molecule has 0 saturated heterocycles. The van der Waals surface area contributed by atoms with Gasteiger partial charge in [-0.15, -0.1) is 12.4 Å². The summed E-state index contributed by atoms with van der Waals surface area (Å²) < 4.78 is 1.71. The van der Waals surface area contributed by atoms with Gasteiger partial charge in [0.25, 0.3) is 5.91 Å². The van der Waals surface area contributed by atoms with E-state index in [0.717, 1.165) is 16.5 Å². The quantitative estimate of drug-likeness (QED) is 0.560. The highest BCUT2D eigenvalue weighted by Crippen LogP contribution is 2.23. The van der Waals surface area contributed by atoms with E-state index in [1.165, 1.54) is 0 Å². The summed E-state index contributed by atoms with van der Waals surface area (Å²) in [6, 6.07) is 17.2. The van der Waals surface area contributed by atoms with Crippen LogP contribution in [0.15, 0.2) is 65.9 Å². The van der Waals surface area contributed by atoms with Crippen LogP contribution in [0.25, 0.3) is 10.8 Å². The number of hydrogen-bond donors (Lipinski definition) is 2. The lowest BCUT2D eigenvalue weighted by molar-refractivity contribution is 0.102. The first-order valence-electron chi connectivity index (χ1n) is 6.89. The number of anilines is 1. The highest BCUT2D eigenvalue weighted by molar-refractivity contribution is 6.08. The maximum absolute atomic E-state index is 12.5. The fraction of sp³-hybridized carbons (Fsp3) is 0.0588. The van der Waals surface area contributed by atoms with Crippen molar-refractivity contribution in [2.45, 2.75) is 0 Å². The fourth-order valence-corrected chi connectivity index (χ4v) is 2.47. The fourth-order valence-electron chi connectivity index (χ4n) is 2.47. The Morgan fingerprint density at radius 1 is 1.09 bits per heavy atom. The van der Waals surface area contributed by atoms with Gasteiger partial charge in [-0.1, -0.05) is 36.4 Å². The zero-order valence-electron chi connectivity index (χ0n) is 12.6. The zero-order chi connectivity index (χ0) is 15.5. The Labute approximate surface area is 139 Å². The molecule has 2 aromatic carbocycles. The van der Waals surface area contributed by atoms with Crippen molar-refractivity contribution < 1.29 is 4.79 Å². The summed E-state index contributed by atoms with van der Waals surface area (Å²) in [4.78, 5) is 12.5. The van der Waals surface area contributed by atoms with Gasteiger partial charge in [0.05, 0.1) is 5.56 Å². The van der Waals surface area contributed by atoms with Crippen LogP contribution in [0.4, 0.5) is 5.69 Å². The van der Waals surface area contributed by atoms with E-state index in [2.05, 4.69) is 10.4 Å². The molecule has 6 heteroatoms. The molecular formula is C17H17ClN4O. The number of rotatable bonds is 2. The third kappa shape index (κ3) is 3.19. The van der Waals surface area contributed by atoms with Crippen LogP contribution in [0.1, 0.15) is 10.4 Å². The summed E-state index contributed by atoms with van der Waals surface area (Å²) in [6.45, 7) is 0. The summed E-state index contributed by atoms with van der Waals surface area (Å²) in [6.07, 6.45) is 1.79. The first-order valence-corrected chi connectivity index (χ1v) is 6.89. The Balaban J connectivity index is 0.00000192. The van der Waals surface area contributed by atoms with Gasteiger partial charge in [0, 0.05) is 24.3 Å². The van der Waals surface area contributed by atoms with Gasteiger partial charge in [0.1, 0.15) is 0 Å². The van der Waals surface area contributed by atoms with Gasteiger partial charge < -0.3 is 15.7 Å². The van der Waals surface area contributed by atoms with Crippen LogP contribution in [0, 0.1) is 0 Å². The number of nitrogens with one attached hydrogen (secondary N) is 1. The molecule has 0 fully saturated rings. The molecule has 0 aliphatic heterocycles. The number of benzene rings is 2. The summed E-state index contributed by atoms with van der Waals surface area (Å²) in [5.41, 5.74) is 1.62. The molecule has 0 unspecified atom stereocenters. The number of fused-ring (bicyclic) bond motifs is 1. The van der Waals surface area contributed by atoms with E-state index in [1.54, 1.807) is 29.9 Å². The van der Waals surface area contributed by atoms with Crippen LogP contribution < -0.4 is 16.6 Å². The molecule has 1 heterocycles. The highest BCUT2D eigenvalue weighted by atomic mass is 35.5. The predicted octanol–water partition coefficient (Wildman–Crippen LogP) is 2.63. The third-order valence-electron chi connectivity index (χ3n) is 3.55. The van der Waals surface area contributed by atoms with Crippen molar-refractivity contribution in [3.05, 3.63) is 71.8 Å². The Hall–Kier alpha value is -2.79. The van der Waals surface area contributed by atoms with E-state index in [1.807, 2.05) is 42.5 Å². The molecule has 0 aliphatic carbocycles. The standard InChI is InChI=1S/C17H16N4O.ClH/c1-21-11-5-9-14(16(21)20-18)17(22)19-15-10-4-7-12-6-2-3-8-13(12)15;/h2-11H,18H2,1H3,(H,19,22);1H. The van der Waals surface area contributed by atoms with Crippen molar-refractivity contribution in [1.29, 1.82) is 0 Å². The molecule has 1 amide bonds. The van der Waals surface area contributed by atoms with Gasteiger partial charge in [0.15, 0.2) is 5.49 Å². The van der Waals surface area contributed by atoms with E-state index in [-0.39, 0.29) is 18.3 Å². The summed E-state index contributed by atoms with van der Waals surface area (Å²) in [5.74, 6) is 5.16. The number of carbonyl (C=O) groups excluding carboxylic acids is 1. The molecule has 3 aromatic rings. The van der Waals surface area contributed by atoms with Gasteiger partial charge in [-0.2, -0.15) is 5.10 Å². The molecular weight excluding hydrogens is 312 g/mol. The highest BCUT2D eigenvalue weighted by Gasteiger charge is 2.11. The first-order chi connectivity index (χ1) is 10.7. The second kappa shape index (κ2) is 6.98. The summed E-state index contributed by atoms with van der Waals surface area (Å²) in [7, 11) is 1.79. The molecule has 3 N–H and O–H groups in total. The molecule has 0 atom stereocenters. The minimum atomic E-state index is -0.239. The van der Waals surface area contributed by atoms with E-state index in [4.69, 9.17) is 5.84 Å². The van der Waals surface area contributed by atoms with Crippen molar-refractivity contribution in [3.63, 3.8) is 0 Å². The van der Waals surface area contributed by atoms with E-state index < -0.39 is 0 Å². The van der Waals surface area contributed by atoms with Crippen molar-refractivity contribution >= 4 is 34.8 Å². The average Bonchev–Trinajstić information content (AvgIpc) is 2.55. The molecule has 23 heavy (non-hydrogen) atoms. The largest absolute Gasteiger partial charge is 0.334 e. The van der Waals surface area contributed by atoms with Crippen LogP contribution in [0.2, 0.25) is 0 Å². The maximum atomic E-state index is 12.5. The number of nitrogens with zero attached hydrogens (tertiary/aromatic N) is 2. The number of pyridine rings is 1. The van der Waals surface area contributed by atoms with Gasteiger partial charge in [0.2, 0.25) is 0 Å². The van der Waals surface area contributed by atoms with Crippen LogP contribution in [-0.2, 0) is 7.05 Å². The number of aryl methyl sites for hydroxylation is 1. The van der Waals surface area contributed by atoms with E-state index in [9.17, 15) is 4.79 Å². The number of carbonyl (C=O) groups is 1. The Morgan fingerprint density at radius 2 is 1.83 bits per heavy atom. The summed E-state index contributed by atoms with van der Waals surface area (Å²) in [5, 5.41) is 8.70. The number of hydrogen-bond acceptors (Lipinski definition) is 3. The van der Waals surface area contributed by atoms with Crippen molar-refractivity contribution in [2.75, 3.05) is 5.32 Å². The average molecular weight is 329 g/mol. The lowest BCUT2D eigenvalue weighted by Crippen LogP contribution is -2.29. The monoisotopic (exact) mass is 328 g/mol. The summed E-state index contributed by atoms with van der Waals surface area (Å²) >= 11 is 0. The van der Waals surface area contributed by atoms with Crippen molar-refractivity contribution in [1.82, 2.24) is 4.57 Å². The molecule has 118 valence electrons. The third-order valence-corrected chi connectivity index (χ3v) is 3.55. The Bertz CT molecular complexity index is 912. The SMILES string of the molecule is Cl.Cn1cccc(C(=O)Nc2cccc3ccccc23)c1=NN. The van der Waals surface area contributed by atoms with Crippen LogP contribution in [0.5, 0.6) is 0 Å². The number of aromatic nitrogens is 1. The van der Waals surface area contributed by atoms with Gasteiger partial charge >= 0.3 is 0 Å². The molecule has 0 bridgehead atoms. The molecule has 0 radical (unpaired) electrons. The lowest BCUT2D eigenvalue weighted by atomic mass is 10.1.